The van der Waals surface area contributed by atoms with Crippen LogP contribution in [0, 0.1) is 5.92 Å². The zero-order chi connectivity index (χ0) is 26.3. The summed E-state index contributed by atoms with van der Waals surface area (Å²) >= 11 is 0. The molecule has 38 heavy (non-hydrogen) atoms. The van der Waals surface area contributed by atoms with Crippen molar-refractivity contribution in [2.24, 2.45) is 5.92 Å². The fraction of sp³-hybridized carbons (Fsp3) is 0.438. The molecule has 6 nitrogen and oxygen atoms in total. The molecule has 1 saturated carbocycles. The third-order valence-corrected chi connectivity index (χ3v) is 8.34. The maximum atomic E-state index is 12.8. The van der Waals surface area contributed by atoms with Crippen molar-refractivity contribution in [1.29, 1.82) is 0 Å². The van der Waals surface area contributed by atoms with Crippen molar-refractivity contribution in [2.75, 3.05) is 45.9 Å². The van der Waals surface area contributed by atoms with Crippen molar-refractivity contribution in [3.8, 4) is 11.1 Å². The number of ether oxygens (including phenoxy) is 1. The molecule has 0 bridgehead atoms. The Labute approximate surface area is 225 Å². The predicted octanol–water partition coefficient (Wildman–Crippen LogP) is 5.42. The Bertz CT molecular complexity index is 1220. The minimum atomic E-state index is -1.37. The van der Waals surface area contributed by atoms with E-state index in [-0.39, 0.29) is 5.92 Å². The molecular formula is C32H38N2O4. The minimum absolute atomic E-state index is 0.116. The van der Waals surface area contributed by atoms with E-state index >= 15 is 0 Å². The maximum Gasteiger partial charge on any atom is 0.394 e. The molecule has 1 amide bonds. The molecule has 1 atom stereocenters. The zero-order valence-corrected chi connectivity index (χ0v) is 22.1. The van der Waals surface area contributed by atoms with E-state index in [1.807, 2.05) is 0 Å². The standard InChI is InChI=1S/C32H38N2O4/c35-31(32(36)37)34(18-17-33-19-21-38-22-20-33)23-30(25-7-2-1-3-8-25)27-15-13-26(14-16-27)29-12-6-10-24-9-4-5-11-28(24)29/h4-6,9-16,25,30H,1-3,7-8,17-23H2,(H,36,37). The average Bonchev–Trinajstić information content (AvgIpc) is 2.98. The second kappa shape index (κ2) is 12.5. The van der Waals surface area contributed by atoms with Gasteiger partial charge < -0.3 is 14.7 Å². The largest absolute Gasteiger partial charge is 0.474 e. The molecule has 0 radical (unpaired) electrons. The summed E-state index contributed by atoms with van der Waals surface area (Å²) in [5, 5.41) is 12.1. The van der Waals surface area contributed by atoms with Gasteiger partial charge in [0.05, 0.1) is 13.2 Å². The number of hydrogen-bond donors (Lipinski definition) is 1. The normalized spacial score (nSPS) is 17.8. The molecule has 2 aliphatic rings. The molecule has 5 rings (SSSR count). The highest BCUT2D eigenvalue weighted by Gasteiger charge is 2.31. The van der Waals surface area contributed by atoms with Gasteiger partial charge in [0.1, 0.15) is 0 Å². The monoisotopic (exact) mass is 514 g/mol. The number of carbonyl (C=O) groups excluding carboxylic acids is 1. The predicted molar refractivity (Wildman–Crippen MR) is 150 cm³/mol. The van der Waals surface area contributed by atoms with Crippen LogP contribution in [-0.2, 0) is 14.3 Å². The van der Waals surface area contributed by atoms with Crippen LogP contribution in [0.3, 0.4) is 0 Å². The molecule has 200 valence electrons. The number of fused-ring (bicyclic) bond motifs is 1. The summed E-state index contributed by atoms with van der Waals surface area (Å²) < 4.78 is 5.44. The van der Waals surface area contributed by atoms with Gasteiger partial charge >= 0.3 is 11.9 Å². The van der Waals surface area contributed by atoms with Crippen LogP contribution in [0.2, 0.25) is 0 Å². The van der Waals surface area contributed by atoms with Crippen molar-refractivity contribution in [1.82, 2.24) is 9.80 Å². The van der Waals surface area contributed by atoms with Crippen LogP contribution in [0.5, 0.6) is 0 Å². The van der Waals surface area contributed by atoms with E-state index in [1.54, 1.807) is 4.90 Å². The summed E-state index contributed by atoms with van der Waals surface area (Å²) in [4.78, 5) is 28.4. The third kappa shape index (κ3) is 6.25. The van der Waals surface area contributed by atoms with Crippen molar-refractivity contribution in [3.63, 3.8) is 0 Å². The van der Waals surface area contributed by atoms with Crippen LogP contribution in [0.1, 0.15) is 43.6 Å². The second-order valence-electron chi connectivity index (χ2n) is 10.7. The summed E-state index contributed by atoms with van der Waals surface area (Å²) in [5.41, 5.74) is 3.56. The fourth-order valence-corrected chi connectivity index (χ4v) is 6.19. The summed E-state index contributed by atoms with van der Waals surface area (Å²) in [7, 11) is 0. The number of nitrogens with zero attached hydrogens (tertiary/aromatic N) is 2. The Balaban J connectivity index is 1.40. The van der Waals surface area contributed by atoms with E-state index in [1.165, 1.54) is 46.7 Å². The molecule has 1 unspecified atom stereocenters. The first kappa shape index (κ1) is 26.4. The Morgan fingerprint density at radius 1 is 0.921 bits per heavy atom. The van der Waals surface area contributed by atoms with E-state index < -0.39 is 11.9 Å². The lowest BCUT2D eigenvalue weighted by Gasteiger charge is -2.35. The highest BCUT2D eigenvalue weighted by Crippen LogP contribution is 2.38. The summed E-state index contributed by atoms with van der Waals surface area (Å²) in [5.74, 6) is -1.61. The number of hydrogen-bond acceptors (Lipinski definition) is 4. The van der Waals surface area contributed by atoms with Crippen LogP contribution in [0.25, 0.3) is 21.9 Å². The number of aliphatic carboxylic acids is 1. The second-order valence-corrected chi connectivity index (χ2v) is 10.7. The smallest absolute Gasteiger partial charge is 0.394 e. The van der Waals surface area contributed by atoms with Gasteiger partial charge in [0, 0.05) is 38.6 Å². The average molecular weight is 515 g/mol. The van der Waals surface area contributed by atoms with Crippen molar-refractivity contribution < 1.29 is 19.4 Å². The highest BCUT2D eigenvalue weighted by molar-refractivity contribution is 6.31. The molecule has 0 spiro atoms. The number of carboxylic acid groups (broad SMARTS) is 1. The fourth-order valence-electron chi connectivity index (χ4n) is 6.19. The van der Waals surface area contributed by atoms with Crippen LogP contribution in [-0.4, -0.2) is 72.7 Å². The van der Waals surface area contributed by atoms with E-state index in [2.05, 4.69) is 71.6 Å². The topological polar surface area (TPSA) is 70.1 Å². The molecular weight excluding hydrogens is 476 g/mol. The molecule has 1 saturated heterocycles. The van der Waals surface area contributed by atoms with Gasteiger partial charge in [-0.2, -0.15) is 0 Å². The first-order chi connectivity index (χ1) is 18.6. The summed E-state index contributed by atoms with van der Waals surface area (Å²) in [6.45, 7) is 4.52. The van der Waals surface area contributed by atoms with Gasteiger partial charge in [0.2, 0.25) is 0 Å². The minimum Gasteiger partial charge on any atom is -0.474 e. The highest BCUT2D eigenvalue weighted by atomic mass is 16.5. The molecule has 6 heteroatoms. The third-order valence-electron chi connectivity index (χ3n) is 8.34. The Hall–Kier alpha value is -3.22. The number of morpholine rings is 1. The number of benzene rings is 3. The molecule has 1 heterocycles. The number of amides is 1. The molecule has 3 aromatic carbocycles. The van der Waals surface area contributed by atoms with Crippen LogP contribution >= 0.6 is 0 Å². The van der Waals surface area contributed by atoms with Gasteiger partial charge in [0.15, 0.2) is 0 Å². The van der Waals surface area contributed by atoms with Crippen LogP contribution in [0.15, 0.2) is 66.7 Å². The maximum absolute atomic E-state index is 12.8. The van der Waals surface area contributed by atoms with Crippen molar-refractivity contribution in [3.05, 3.63) is 72.3 Å². The Morgan fingerprint density at radius 2 is 1.63 bits per heavy atom. The Morgan fingerprint density at radius 3 is 2.37 bits per heavy atom. The van der Waals surface area contributed by atoms with Gasteiger partial charge in [-0.1, -0.05) is 86.0 Å². The van der Waals surface area contributed by atoms with E-state index in [4.69, 9.17) is 4.74 Å². The van der Waals surface area contributed by atoms with E-state index in [9.17, 15) is 14.7 Å². The van der Waals surface area contributed by atoms with Gasteiger partial charge in [0.25, 0.3) is 0 Å². The molecule has 1 N–H and O–H groups in total. The first-order valence-electron chi connectivity index (χ1n) is 14.0. The van der Waals surface area contributed by atoms with E-state index in [0.29, 0.717) is 38.8 Å². The van der Waals surface area contributed by atoms with Crippen LogP contribution < -0.4 is 0 Å². The lowest BCUT2D eigenvalue weighted by molar-refractivity contribution is -0.156. The number of rotatable bonds is 8. The molecule has 1 aliphatic heterocycles. The van der Waals surface area contributed by atoms with Gasteiger partial charge in [-0.3, -0.25) is 9.69 Å². The SMILES string of the molecule is O=C(O)C(=O)N(CCN1CCOCC1)CC(c1ccc(-c2cccc3ccccc23)cc1)C1CCCCC1. The zero-order valence-electron chi connectivity index (χ0n) is 22.1. The lowest BCUT2D eigenvalue weighted by atomic mass is 9.76. The number of carboxylic acids is 1. The van der Waals surface area contributed by atoms with Gasteiger partial charge in [-0.05, 0) is 46.2 Å². The molecule has 2 fully saturated rings. The van der Waals surface area contributed by atoms with Gasteiger partial charge in [-0.15, -0.1) is 0 Å². The quantitative estimate of drug-likeness (QED) is 0.407. The van der Waals surface area contributed by atoms with Gasteiger partial charge in [-0.25, -0.2) is 4.79 Å². The summed E-state index contributed by atoms with van der Waals surface area (Å²) in [6.07, 6.45) is 5.87. The Kier molecular flexibility index (Phi) is 8.72. The van der Waals surface area contributed by atoms with Crippen molar-refractivity contribution in [2.45, 2.75) is 38.0 Å². The molecule has 1 aliphatic carbocycles. The summed E-state index contributed by atoms with van der Waals surface area (Å²) in [6, 6.07) is 23.6. The van der Waals surface area contributed by atoms with Crippen LogP contribution in [0.4, 0.5) is 0 Å². The van der Waals surface area contributed by atoms with Crippen molar-refractivity contribution >= 4 is 22.6 Å². The lowest BCUT2D eigenvalue weighted by Crippen LogP contribution is -2.46. The molecule has 3 aromatic rings. The first-order valence-corrected chi connectivity index (χ1v) is 14.0. The molecule has 0 aromatic heterocycles. The van der Waals surface area contributed by atoms with E-state index in [0.717, 1.165) is 25.9 Å². The number of carbonyl (C=O) groups is 2.